The van der Waals surface area contributed by atoms with E-state index in [-0.39, 0.29) is 5.78 Å². The molecule has 2 nitrogen and oxygen atoms in total. The van der Waals surface area contributed by atoms with E-state index in [9.17, 15) is 4.79 Å². The molecule has 0 saturated heterocycles. The number of hydrogen-bond acceptors (Lipinski definition) is 2. The van der Waals surface area contributed by atoms with Gasteiger partial charge < -0.3 is 0 Å². The number of unbranched alkanes of at least 4 members (excludes halogenated alkanes) is 3. The molecule has 1 rings (SSSR count). The average molecular weight is 219 g/mol. The Kier molecular flexibility index (Phi) is 5.17. The average Bonchev–Trinajstić information content (AvgIpc) is 2.22. The topological polar surface area (TPSA) is 30.0 Å². The maximum Gasteiger partial charge on any atom is 0.163 e. The van der Waals surface area contributed by atoms with Crippen molar-refractivity contribution in [2.24, 2.45) is 0 Å². The molecule has 2 heteroatoms. The number of pyridine rings is 1. The molecule has 0 N–H and O–H groups in total. The van der Waals surface area contributed by atoms with Gasteiger partial charge in [-0.05, 0) is 32.4 Å². The molecule has 1 aromatic rings. The molecule has 16 heavy (non-hydrogen) atoms. The summed E-state index contributed by atoms with van der Waals surface area (Å²) in [5, 5.41) is 0. The monoisotopic (exact) mass is 219 g/mol. The van der Waals surface area contributed by atoms with Crippen LogP contribution in [0, 0.1) is 13.8 Å². The van der Waals surface area contributed by atoms with Gasteiger partial charge in [0.15, 0.2) is 5.78 Å². The zero-order valence-electron chi connectivity index (χ0n) is 10.5. The van der Waals surface area contributed by atoms with Crippen LogP contribution in [0.5, 0.6) is 0 Å². The Balaban J connectivity index is 2.52. The van der Waals surface area contributed by atoms with E-state index in [0.717, 1.165) is 29.8 Å². The fourth-order valence-electron chi connectivity index (χ4n) is 1.85. The molecule has 0 aliphatic rings. The summed E-state index contributed by atoms with van der Waals surface area (Å²) in [6.45, 7) is 6.04. The van der Waals surface area contributed by atoms with Crippen LogP contribution in [0.2, 0.25) is 0 Å². The largest absolute Gasteiger partial charge is 0.294 e. The highest BCUT2D eigenvalue weighted by Crippen LogP contribution is 2.11. The third-order valence-electron chi connectivity index (χ3n) is 2.66. The number of carbonyl (C=O) groups is 1. The molecule has 88 valence electrons. The summed E-state index contributed by atoms with van der Waals surface area (Å²) in [6.07, 6.45) is 5.27. The highest BCUT2D eigenvalue weighted by atomic mass is 16.1. The lowest BCUT2D eigenvalue weighted by molar-refractivity contribution is 0.0979. The Hall–Kier alpha value is -1.18. The van der Waals surface area contributed by atoms with E-state index in [1.807, 2.05) is 26.0 Å². The van der Waals surface area contributed by atoms with E-state index in [0.29, 0.717) is 6.42 Å². The van der Waals surface area contributed by atoms with E-state index in [1.165, 1.54) is 12.8 Å². The lowest BCUT2D eigenvalue weighted by Crippen LogP contribution is -2.01. The summed E-state index contributed by atoms with van der Waals surface area (Å²) in [6, 6.07) is 3.77. The van der Waals surface area contributed by atoms with Crippen molar-refractivity contribution in [3.05, 3.63) is 29.1 Å². The number of nitrogens with zero attached hydrogens (tertiary/aromatic N) is 1. The summed E-state index contributed by atoms with van der Waals surface area (Å²) in [5.41, 5.74) is 2.68. The molecule has 1 heterocycles. The fraction of sp³-hybridized carbons (Fsp3) is 0.571. The molecule has 0 bridgehead atoms. The van der Waals surface area contributed by atoms with Crippen LogP contribution < -0.4 is 0 Å². The van der Waals surface area contributed by atoms with Gasteiger partial charge in [0.2, 0.25) is 0 Å². The van der Waals surface area contributed by atoms with Crippen molar-refractivity contribution in [3.8, 4) is 0 Å². The van der Waals surface area contributed by atoms with Gasteiger partial charge in [0.25, 0.3) is 0 Å². The first-order valence-corrected chi connectivity index (χ1v) is 6.12. The lowest BCUT2D eigenvalue weighted by atomic mass is 10.0. The summed E-state index contributed by atoms with van der Waals surface area (Å²) < 4.78 is 0. The van der Waals surface area contributed by atoms with Crippen LogP contribution >= 0.6 is 0 Å². The Morgan fingerprint density at radius 3 is 2.31 bits per heavy atom. The van der Waals surface area contributed by atoms with E-state index in [2.05, 4.69) is 11.9 Å². The fourth-order valence-corrected chi connectivity index (χ4v) is 1.85. The molecule has 0 spiro atoms. The highest BCUT2D eigenvalue weighted by molar-refractivity contribution is 5.96. The van der Waals surface area contributed by atoms with Crippen LogP contribution in [0.15, 0.2) is 12.1 Å². The van der Waals surface area contributed by atoms with Gasteiger partial charge in [-0.2, -0.15) is 0 Å². The molecule has 0 atom stereocenters. The third-order valence-corrected chi connectivity index (χ3v) is 2.66. The molecule has 0 unspecified atom stereocenters. The Bertz CT molecular complexity index is 338. The minimum atomic E-state index is 0.254. The second kappa shape index (κ2) is 6.41. The second-order valence-corrected chi connectivity index (χ2v) is 4.37. The minimum Gasteiger partial charge on any atom is -0.294 e. The van der Waals surface area contributed by atoms with Gasteiger partial charge in [-0.3, -0.25) is 9.78 Å². The normalized spacial score (nSPS) is 10.4. The summed E-state index contributed by atoms with van der Waals surface area (Å²) in [7, 11) is 0. The number of aryl methyl sites for hydroxylation is 2. The van der Waals surface area contributed by atoms with Crippen LogP contribution in [-0.4, -0.2) is 10.8 Å². The van der Waals surface area contributed by atoms with Crippen molar-refractivity contribution in [2.75, 3.05) is 0 Å². The van der Waals surface area contributed by atoms with Crippen LogP contribution in [0.25, 0.3) is 0 Å². The van der Waals surface area contributed by atoms with Gasteiger partial charge in [-0.25, -0.2) is 0 Å². The number of Topliss-reactive ketones (excluding diaryl/α,β-unsaturated/α-hetero) is 1. The van der Waals surface area contributed by atoms with Crippen molar-refractivity contribution in [3.63, 3.8) is 0 Å². The second-order valence-electron chi connectivity index (χ2n) is 4.37. The Morgan fingerprint density at radius 2 is 1.75 bits per heavy atom. The SMILES string of the molecule is CCCCCCC(=O)c1cc(C)nc(C)c1. The molecule has 0 radical (unpaired) electrons. The third kappa shape index (κ3) is 4.13. The van der Waals surface area contributed by atoms with Crippen LogP contribution in [0.4, 0.5) is 0 Å². The molecule has 0 amide bonds. The van der Waals surface area contributed by atoms with Crippen molar-refractivity contribution in [1.29, 1.82) is 0 Å². The summed E-state index contributed by atoms with van der Waals surface area (Å²) >= 11 is 0. The molecular weight excluding hydrogens is 198 g/mol. The first kappa shape index (κ1) is 12.9. The lowest BCUT2D eigenvalue weighted by Gasteiger charge is -2.03. The molecule has 0 saturated carbocycles. The van der Waals surface area contributed by atoms with Crippen molar-refractivity contribution < 1.29 is 4.79 Å². The zero-order chi connectivity index (χ0) is 12.0. The zero-order valence-corrected chi connectivity index (χ0v) is 10.5. The Morgan fingerprint density at radius 1 is 1.12 bits per heavy atom. The number of ketones is 1. The molecular formula is C14H21NO. The smallest absolute Gasteiger partial charge is 0.163 e. The summed E-state index contributed by atoms with van der Waals surface area (Å²) in [4.78, 5) is 16.2. The van der Waals surface area contributed by atoms with Crippen molar-refractivity contribution in [2.45, 2.75) is 52.9 Å². The quantitative estimate of drug-likeness (QED) is 0.537. The van der Waals surface area contributed by atoms with Crippen molar-refractivity contribution in [1.82, 2.24) is 4.98 Å². The predicted molar refractivity (Wildman–Crippen MR) is 66.8 cm³/mol. The van der Waals surface area contributed by atoms with Gasteiger partial charge in [-0.1, -0.05) is 26.2 Å². The van der Waals surface area contributed by atoms with Gasteiger partial charge >= 0.3 is 0 Å². The van der Waals surface area contributed by atoms with Gasteiger partial charge in [0, 0.05) is 23.4 Å². The molecule has 1 aromatic heterocycles. The van der Waals surface area contributed by atoms with Gasteiger partial charge in [-0.15, -0.1) is 0 Å². The first-order chi connectivity index (χ1) is 7.63. The summed E-state index contributed by atoms with van der Waals surface area (Å²) in [5.74, 6) is 0.254. The van der Waals surface area contributed by atoms with E-state index in [1.54, 1.807) is 0 Å². The van der Waals surface area contributed by atoms with Crippen LogP contribution in [0.1, 0.15) is 60.8 Å². The minimum absolute atomic E-state index is 0.254. The number of aromatic nitrogens is 1. The van der Waals surface area contributed by atoms with E-state index >= 15 is 0 Å². The molecule has 0 aromatic carbocycles. The first-order valence-electron chi connectivity index (χ1n) is 6.12. The highest BCUT2D eigenvalue weighted by Gasteiger charge is 2.06. The van der Waals surface area contributed by atoms with E-state index in [4.69, 9.17) is 0 Å². The van der Waals surface area contributed by atoms with Gasteiger partial charge in [0.05, 0.1) is 0 Å². The van der Waals surface area contributed by atoms with Gasteiger partial charge in [0.1, 0.15) is 0 Å². The predicted octanol–water partition coefficient (Wildman–Crippen LogP) is 3.85. The maximum atomic E-state index is 11.9. The number of carbonyl (C=O) groups excluding carboxylic acids is 1. The standard InChI is InChI=1S/C14H21NO/c1-4-5-6-7-8-14(16)13-9-11(2)15-12(3)10-13/h9-10H,4-8H2,1-3H3. The molecule has 0 aliphatic carbocycles. The number of hydrogen-bond donors (Lipinski definition) is 0. The molecule has 0 aliphatic heterocycles. The Labute approximate surface area is 98.1 Å². The van der Waals surface area contributed by atoms with Crippen molar-refractivity contribution >= 4 is 5.78 Å². The molecule has 0 fully saturated rings. The maximum absolute atomic E-state index is 11.9. The number of rotatable bonds is 6. The van der Waals surface area contributed by atoms with Crippen LogP contribution in [0.3, 0.4) is 0 Å². The van der Waals surface area contributed by atoms with Crippen LogP contribution in [-0.2, 0) is 0 Å². The van der Waals surface area contributed by atoms with E-state index < -0.39 is 0 Å².